The van der Waals surface area contributed by atoms with Crippen molar-refractivity contribution in [3.05, 3.63) is 12.4 Å². The van der Waals surface area contributed by atoms with Gasteiger partial charge in [0.1, 0.15) is 0 Å². The monoisotopic (exact) mass is 196 g/mol. The number of aromatic amines is 1. The van der Waals surface area contributed by atoms with Gasteiger partial charge >= 0.3 is 0 Å². The molecular formula is C9H16N4O. The summed E-state index contributed by atoms with van der Waals surface area (Å²) in [6.45, 7) is 6.23. The van der Waals surface area contributed by atoms with Crippen LogP contribution in [0.2, 0.25) is 0 Å². The molecule has 0 saturated heterocycles. The standard InChI is InChI=1S/C9H16N4O/c1-3-13(4-2)7-8(14)12-9-10-5-6-11-9/h5-6H,3-4,7H2,1-2H3,(H2,10,11,12,14). The number of aromatic nitrogens is 2. The second-order valence-electron chi connectivity index (χ2n) is 2.95. The number of amides is 1. The maximum absolute atomic E-state index is 11.4. The maximum Gasteiger partial charge on any atom is 0.240 e. The van der Waals surface area contributed by atoms with Gasteiger partial charge in [-0.05, 0) is 13.1 Å². The molecule has 0 radical (unpaired) electrons. The van der Waals surface area contributed by atoms with Crippen molar-refractivity contribution in [2.75, 3.05) is 25.0 Å². The number of rotatable bonds is 5. The van der Waals surface area contributed by atoms with Crippen molar-refractivity contribution >= 4 is 11.9 Å². The third-order valence-electron chi connectivity index (χ3n) is 2.02. The molecule has 5 nitrogen and oxygen atoms in total. The number of carbonyl (C=O) groups excluding carboxylic acids is 1. The van der Waals surface area contributed by atoms with Crippen molar-refractivity contribution in [2.45, 2.75) is 13.8 Å². The first-order valence-corrected chi connectivity index (χ1v) is 4.77. The number of imidazole rings is 1. The Morgan fingerprint density at radius 3 is 2.79 bits per heavy atom. The zero-order valence-corrected chi connectivity index (χ0v) is 8.58. The van der Waals surface area contributed by atoms with Gasteiger partial charge in [-0.3, -0.25) is 15.0 Å². The summed E-state index contributed by atoms with van der Waals surface area (Å²) in [5.74, 6) is 0.464. The largest absolute Gasteiger partial charge is 0.331 e. The Hall–Kier alpha value is -1.36. The minimum atomic E-state index is -0.0383. The van der Waals surface area contributed by atoms with Gasteiger partial charge in [0.15, 0.2) is 0 Å². The van der Waals surface area contributed by atoms with Crippen molar-refractivity contribution < 1.29 is 4.79 Å². The van der Waals surface area contributed by atoms with E-state index in [1.165, 1.54) is 0 Å². The molecule has 14 heavy (non-hydrogen) atoms. The lowest BCUT2D eigenvalue weighted by atomic mass is 10.4. The topological polar surface area (TPSA) is 61.0 Å². The second-order valence-corrected chi connectivity index (χ2v) is 2.95. The zero-order chi connectivity index (χ0) is 10.4. The molecule has 1 aromatic rings. The third kappa shape index (κ3) is 3.18. The summed E-state index contributed by atoms with van der Waals surface area (Å²) in [6, 6.07) is 0. The molecule has 0 unspecified atom stereocenters. The Kier molecular flexibility index (Phi) is 4.12. The van der Waals surface area contributed by atoms with E-state index in [4.69, 9.17) is 0 Å². The fourth-order valence-corrected chi connectivity index (χ4v) is 1.16. The number of H-pyrrole nitrogens is 1. The van der Waals surface area contributed by atoms with Gasteiger partial charge in [-0.25, -0.2) is 4.98 Å². The van der Waals surface area contributed by atoms with Gasteiger partial charge in [-0.1, -0.05) is 13.8 Å². The fourth-order valence-electron chi connectivity index (χ4n) is 1.16. The van der Waals surface area contributed by atoms with Crippen molar-refractivity contribution in [1.82, 2.24) is 14.9 Å². The third-order valence-corrected chi connectivity index (χ3v) is 2.02. The number of likely N-dealkylation sites (N-methyl/N-ethyl adjacent to an activating group) is 1. The first-order chi connectivity index (χ1) is 6.76. The van der Waals surface area contributed by atoms with Crippen molar-refractivity contribution in [3.63, 3.8) is 0 Å². The van der Waals surface area contributed by atoms with Crippen molar-refractivity contribution in [1.29, 1.82) is 0 Å². The van der Waals surface area contributed by atoms with E-state index in [0.29, 0.717) is 12.5 Å². The average Bonchev–Trinajstić information content (AvgIpc) is 2.66. The smallest absolute Gasteiger partial charge is 0.240 e. The molecule has 0 aromatic carbocycles. The van der Waals surface area contributed by atoms with Gasteiger partial charge in [0.2, 0.25) is 11.9 Å². The number of hydrogen-bond donors (Lipinski definition) is 2. The molecule has 1 rings (SSSR count). The van der Waals surface area contributed by atoms with E-state index in [-0.39, 0.29) is 5.91 Å². The molecule has 0 fully saturated rings. The highest BCUT2D eigenvalue weighted by Gasteiger charge is 2.07. The molecule has 0 bridgehead atoms. The molecule has 1 aromatic heterocycles. The molecule has 0 saturated carbocycles. The first-order valence-electron chi connectivity index (χ1n) is 4.77. The first kappa shape index (κ1) is 10.7. The zero-order valence-electron chi connectivity index (χ0n) is 8.58. The normalized spacial score (nSPS) is 10.5. The van der Waals surface area contributed by atoms with Crippen molar-refractivity contribution in [3.8, 4) is 0 Å². The molecule has 5 heteroatoms. The molecule has 1 heterocycles. The Labute approximate surface area is 83.5 Å². The Morgan fingerprint density at radius 2 is 2.29 bits per heavy atom. The van der Waals surface area contributed by atoms with Crippen LogP contribution in [0.3, 0.4) is 0 Å². The molecule has 1 amide bonds. The summed E-state index contributed by atoms with van der Waals surface area (Å²) in [6.07, 6.45) is 3.28. The van der Waals surface area contributed by atoms with Crippen LogP contribution < -0.4 is 5.32 Å². The SMILES string of the molecule is CCN(CC)CC(=O)Nc1ncc[nH]1. The Morgan fingerprint density at radius 1 is 1.57 bits per heavy atom. The van der Waals surface area contributed by atoms with Crippen LogP contribution in [0.25, 0.3) is 0 Å². The van der Waals surface area contributed by atoms with E-state index in [0.717, 1.165) is 13.1 Å². The maximum atomic E-state index is 11.4. The Balaban J connectivity index is 2.35. The Bertz CT molecular complexity index is 266. The van der Waals surface area contributed by atoms with Crippen LogP contribution in [0.4, 0.5) is 5.95 Å². The lowest BCUT2D eigenvalue weighted by molar-refractivity contribution is -0.117. The predicted molar refractivity (Wildman–Crippen MR) is 55.0 cm³/mol. The predicted octanol–water partition coefficient (Wildman–Crippen LogP) is 0.690. The van der Waals surface area contributed by atoms with E-state index in [2.05, 4.69) is 15.3 Å². The van der Waals surface area contributed by atoms with E-state index >= 15 is 0 Å². The molecule has 0 aliphatic heterocycles. The van der Waals surface area contributed by atoms with Crippen molar-refractivity contribution in [2.24, 2.45) is 0 Å². The number of hydrogen-bond acceptors (Lipinski definition) is 3. The number of anilines is 1. The lowest BCUT2D eigenvalue weighted by Gasteiger charge is -2.16. The van der Waals surface area contributed by atoms with Crippen LogP contribution in [-0.2, 0) is 4.79 Å². The van der Waals surface area contributed by atoms with E-state index in [1.54, 1.807) is 12.4 Å². The number of carbonyl (C=O) groups is 1. The van der Waals surface area contributed by atoms with Gasteiger partial charge in [-0.2, -0.15) is 0 Å². The summed E-state index contributed by atoms with van der Waals surface area (Å²) in [5, 5.41) is 2.67. The van der Waals surface area contributed by atoms with Gasteiger partial charge in [-0.15, -0.1) is 0 Å². The quantitative estimate of drug-likeness (QED) is 0.728. The van der Waals surface area contributed by atoms with Crippen LogP contribution >= 0.6 is 0 Å². The van der Waals surface area contributed by atoms with Gasteiger partial charge in [0.05, 0.1) is 6.54 Å². The number of nitrogens with zero attached hydrogens (tertiary/aromatic N) is 2. The van der Waals surface area contributed by atoms with Gasteiger partial charge in [0.25, 0.3) is 0 Å². The highest BCUT2D eigenvalue weighted by molar-refractivity contribution is 5.90. The van der Waals surface area contributed by atoms with Crippen LogP contribution in [0.15, 0.2) is 12.4 Å². The molecular weight excluding hydrogens is 180 g/mol. The minimum absolute atomic E-state index is 0.0383. The highest BCUT2D eigenvalue weighted by Crippen LogP contribution is 1.95. The van der Waals surface area contributed by atoms with Crippen LogP contribution in [0, 0.1) is 0 Å². The molecule has 0 aliphatic rings. The molecule has 0 spiro atoms. The summed E-state index contributed by atoms with van der Waals surface area (Å²) in [5.41, 5.74) is 0. The second kappa shape index (κ2) is 5.39. The summed E-state index contributed by atoms with van der Waals surface area (Å²) in [7, 11) is 0. The molecule has 0 aliphatic carbocycles. The highest BCUT2D eigenvalue weighted by atomic mass is 16.2. The van der Waals surface area contributed by atoms with Gasteiger partial charge in [0, 0.05) is 12.4 Å². The van der Waals surface area contributed by atoms with E-state index in [1.807, 2.05) is 18.7 Å². The van der Waals surface area contributed by atoms with Gasteiger partial charge < -0.3 is 4.98 Å². The summed E-state index contributed by atoms with van der Waals surface area (Å²) < 4.78 is 0. The van der Waals surface area contributed by atoms with E-state index in [9.17, 15) is 4.79 Å². The summed E-state index contributed by atoms with van der Waals surface area (Å²) >= 11 is 0. The fraction of sp³-hybridized carbons (Fsp3) is 0.556. The molecule has 2 N–H and O–H groups in total. The molecule has 0 atom stereocenters. The van der Waals surface area contributed by atoms with Crippen LogP contribution in [-0.4, -0.2) is 40.4 Å². The summed E-state index contributed by atoms with van der Waals surface area (Å²) in [4.78, 5) is 20.2. The van der Waals surface area contributed by atoms with Crippen LogP contribution in [0.1, 0.15) is 13.8 Å². The van der Waals surface area contributed by atoms with E-state index < -0.39 is 0 Å². The lowest BCUT2D eigenvalue weighted by Crippen LogP contribution is -2.33. The van der Waals surface area contributed by atoms with Crippen LogP contribution in [0.5, 0.6) is 0 Å². The molecule has 78 valence electrons. The average molecular weight is 196 g/mol. The number of nitrogens with one attached hydrogen (secondary N) is 2. The minimum Gasteiger partial charge on any atom is -0.331 e.